The first-order chi connectivity index (χ1) is 11.2. The van der Waals surface area contributed by atoms with Crippen LogP contribution in [0.25, 0.3) is 0 Å². The number of nitrogens with zero attached hydrogens (tertiary/aromatic N) is 4. The van der Waals surface area contributed by atoms with E-state index >= 15 is 0 Å². The fourth-order valence-corrected chi connectivity index (χ4v) is 2.35. The van der Waals surface area contributed by atoms with Gasteiger partial charge in [0.1, 0.15) is 18.6 Å². The van der Waals surface area contributed by atoms with Crippen LogP contribution in [0.5, 0.6) is 5.75 Å². The molecule has 118 valence electrons. The molecule has 0 aliphatic carbocycles. The Bertz CT molecular complexity index is 866. The third-order valence-electron chi connectivity index (χ3n) is 3.20. The molecule has 0 saturated carbocycles. The topological polar surface area (TPSA) is 66.0 Å². The Hall–Kier alpha value is -2.87. The van der Waals surface area contributed by atoms with Crippen LogP contribution in [0.1, 0.15) is 0 Å². The van der Waals surface area contributed by atoms with E-state index in [0.29, 0.717) is 16.2 Å². The minimum absolute atomic E-state index is 0.0321. The first-order valence-electron chi connectivity index (χ1n) is 6.89. The van der Waals surface area contributed by atoms with E-state index in [4.69, 9.17) is 17.0 Å². The average Bonchev–Trinajstić information content (AvgIpc) is 3.18. The van der Waals surface area contributed by atoms with Crippen LogP contribution in [0.3, 0.4) is 0 Å². The normalized spacial score (nSPS) is 10.5. The predicted octanol–water partition coefficient (Wildman–Crippen LogP) is 2.17. The summed E-state index contributed by atoms with van der Waals surface area (Å²) in [5, 5.41) is 6.95. The lowest BCUT2D eigenvalue weighted by Crippen LogP contribution is -2.20. The fraction of sp³-hybridized carbons (Fsp3) is 0.133. The third kappa shape index (κ3) is 3.32. The highest BCUT2D eigenvalue weighted by Gasteiger charge is 2.08. The predicted molar refractivity (Wildman–Crippen MR) is 87.9 cm³/mol. The van der Waals surface area contributed by atoms with Gasteiger partial charge in [0.15, 0.2) is 0 Å². The molecule has 0 bridgehead atoms. The Labute approximate surface area is 137 Å². The fourth-order valence-electron chi connectivity index (χ4n) is 2.10. The molecule has 1 amide bonds. The SMILES string of the molecule is COc1cccc(NC(=O)Cn2ncn(-n3cccc3)c2=S)c1. The summed E-state index contributed by atoms with van der Waals surface area (Å²) < 4.78 is 10.5. The quantitative estimate of drug-likeness (QED) is 0.729. The molecule has 8 heteroatoms. The van der Waals surface area contributed by atoms with Crippen LogP contribution in [-0.2, 0) is 11.3 Å². The van der Waals surface area contributed by atoms with Gasteiger partial charge in [0.25, 0.3) is 0 Å². The zero-order valence-corrected chi connectivity index (χ0v) is 13.2. The molecule has 1 N–H and O–H groups in total. The van der Waals surface area contributed by atoms with E-state index in [0.717, 1.165) is 0 Å². The summed E-state index contributed by atoms with van der Waals surface area (Å²) >= 11 is 5.34. The maximum absolute atomic E-state index is 12.2. The Morgan fingerprint density at radius 2 is 2.09 bits per heavy atom. The van der Waals surface area contributed by atoms with E-state index in [1.807, 2.05) is 30.6 Å². The highest BCUT2D eigenvalue weighted by Crippen LogP contribution is 2.16. The van der Waals surface area contributed by atoms with E-state index < -0.39 is 0 Å². The molecule has 0 unspecified atom stereocenters. The lowest BCUT2D eigenvalue weighted by atomic mass is 10.3. The molecule has 0 aliphatic heterocycles. The maximum atomic E-state index is 12.2. The Kier molecular flexibility index (Phi) is 4.24. The monoisotopic (exact) mass is 329 g/mol. The summed E-state index contributed by atoms with van der Waals surface area (Å²) in [6, 6.07) is 10.9. The summed E-state index contributed by atoms with van der Waals surface area (Å²) in [5.74, 6) is 0.461. The van der Waals surface area contributed by atoms with Crippen LogP contribution in [0.4, 0.5) is 5.69 Å². The van der Waals surface area contributed by atoms with Gasteiger partial charge < -0.3 is 10.1 Å². The molecule has 0 fully saturated rings. The van der Waals surface area contributed by atoms with Crippen molar-refractivity contribution in [3.63, 3.8) is 0 Å². The van der Waals surface area contributed by atoms with Crippen molar-refractivity contribution in [2.45, 2.75) is 6.54 Å². The second-order valence-electron chi connectivity index (χ2n) is 4.76. The molecule has 3 aromatic rings. The van der Waals surface area contributed by atoms with Crippen molar-refractivity contribution in [3.05, 3.63) is 59.9 Å². The number of nitrogens with one attached hydrogen (secondary N) is 1. The molecule has 2 aromatic heterocycles. The summed E-state index contributed by atoms with van der Waals surface area (Å²) in [6.45, 7) is 0.0321. The average molecular weight is 329 g/mol. The molecule has 1 aromatic carbocycles. The highest BCUT2D eigenvalue weighted by atomic mass is 32.1. The van der Waals surface area contributed by atoms with E-state index in [9.17, 15) is 4.79 Å². The van der Waals surface area contributed by atoms with Crippen LogP contribution >= 0.6 is 12.2 Å². The number of hydrogen-bond donors (Lipinski definition) is 1. The van der Waals surface area contributed by atoms with E-state index in [2.05, 4.69) is 10.4 Å². The van der Waals surface area contributed by atoms with Crippen molar-refractivity contribution >= 4 is 23.8 Å². The Balaban J connectivity index is 1.72. The van der Waals surface area contributed by atoms with Gasteiger partial charge >= 0.3 is 0 Å². The van der Waals surface area contributed by atoms with Gasteiger partial charge in [0, 0.05) is 24.1 Å². The molecule has 2 heterocycles. The first-order valence-corrected chi connectivity index (χ1v) is 7.30. The third-order valence-corrected chi connectivity index (χ3v) is 3.60. The number of carbonyl (C=O) groups is 1. The largest absolute Gasteiger partial charge is 0.497 e. The standard InChI is InChI=1S/C15H15N5O2S/c1-22-13-6-4-5-12(9-13)17-14(21)10-19-15(23)20(11-16-19)18-7-2-3-8-18/h2-9,11H,10H2,1H3,(H,17,21). The molecular formula is C15H15N5O2S. The zero-order valence-electron chi connectivity index (χ0n) is 12.4. The number of hydrogen-bond acceptors (Lipinski definition) is 4. The van der Waals surface area contributed by atoms with Gasteiger partial charge in [-0.3, -0.25) is 9.47 Å². The summed E-state index contributed by atoms with van der Waals surface area (Å²) in [7, 11) is 1.58. The molecule has 0 spiro atoms. The molecule has 23 heavy (non-hydrogen) atoms. The van der Waals surface area contributed by atoms with Gasteiger partial charge in [0.2, 0.25) is 10.7 Å². The van der Waals surface area contributed by atoms with E-state index in [-0.39, 0.29) is 12.5 Å². The smallest absolute Gasteiger partial charge is 0.246 e. The molecule has 0 saturated heterocycles. The van der Waals surface area contributed by atoms with Crippen LogP contribution in [0.2, 0.25) is 0 Å². The first kappa shape index (κ1) is 15.0. The number of anilines is 1. The van der Waals surface area contributed by atoms with Crippen molar-refractivity contribution in [2.24, 2.45) is 0 Å². The van der Waals surface area contributed by atoms with Crippen molar-refractivity contribution in [1.29, 1.82) is 0 Å². The van der Waals surface area contributed by atoms with Gasteiger partial charge in [-0.25, -0.2) is 9.36 Å². The minimum Gasteiger partial charge on any atom is -0.497 e. The highest BCUT2D eigenvalue weighted by molar-refractivity contribution is 7.71. The van der Waals surface area contributed by atoms with Crippen LogP contribution in [-0.4, -0.2) is 32.1 Å². The Morgan fingerprint density at radius 1 is 1.30 bits per heavy atom. The van der Waals surface area contributed by atoms with Crippen LogP contribution in [0, 0.1) is 4.77 Å². The molecule has 0 radical (unpaired) electrons. The summed E-state index contributed by atoms with van der Waals surface area (Å²) in [6.07, 6.45) is 5.26. The number of benzene rings is 1. The lowest BCUT2D eigenvalue weighted by molar-refractivity contribution is -0.116. The number of methoxy groups -OCH3 is 1. The number of amides is 1. The maximum Gasteiger partial charge on any atom is 0.246 e. The Morgan fingerprint density at radius 3 is 2.83 bits per heavy atom. The van der Waals surface area contributed by atoms with Gasteiger partial charge in [0.05, 0.1) is 7.11 Å². The number of aromatic nitrogens is 4. The molecule has 0 aliphatic rings. The van der Waals surface area contributed by atoms with Crippen LogP contribution in [0.15, 0.2) is 55.1 Å². The second kappa shape index (κ2) is 6.49. The zero-order chi connectivity index (χ0) is 16.2. The van der Waals surface area contributed by atoms with Crippen molar-refractivity contribution in [2.75, 3.05) is 12.4 Å². The minimum atomic E-state index is -0.216. The molecule has 7 nitrogen and oxygen atoms in total. The summed E-state index contributed by atoms with van der Waals surface area (Å²) in [5.41, 5.74) is 0.658. The van der Waals surface area contributed by atoms with Crippen molar-refractivity contribution in [1.82, 2.24) is 19.1 Å². The van der Waals surface area contributed by atoms with E-state index in [1.165, 1.54) is 4.68 Å². The van der Waals surface area contributed by atoms with Gasteiger partial charge in [-0.15, -0.1) is 0 Å². The van der Waals surface area contributed by atoms with Gasteiger partial charge in [-0.1, -0.05) is 6.07 Å². The van der Waals surface area contributed by atoms with Crippen LogP contribution < -0.4 is 10.1 Å². The van der Waals surface area contributed by atoms with Crippen molar-refractivity contribution < 1.29 is 9.53 Å². The molecule has 3 rings (SSSR count). The number of ether oxygens (including phenoxy) is 1. The second-order valence-corrected chi connectivity index (χ2v) is 5.12. The van der Waals surface area contributed by atoms with E-state index in [1.54, 1.807) is 41.0 Å². The van der Waals surface area contributed by atoms with Gasteiger partial charge in [-0.2, -0.15) is 5.10 Å². The van der Waals surface area contributed by atoms with Gasteiger partial charge in [-0.05, 0) is 36.5 Å². The van der Waals surface area contributed by atoms with Crippen molar-refractivity contribution in [3.8, 4) is 5.75 Å². The number of rotatable bonds is 5. The molecular weight excluding hydrogens is 314 g/mol. The summed E-state index contributed by atoms with van der Waals surface area (Å²) in [4.78, 5) is 12.2. The molecule has 0 atom stereocenters. The number of carbonyl (C=O) groups excluding carboxylic acids is 1. The lowest BCUT2D eigenvalue weighted by Gasteiger charge is -2.07.